The first-order chi connectivity index (χ1) is 40.7. The van der Waals surface area contributed by atoms with Crippen LogP contribution >= 0.6 is 0 Å². The summed E-state index contributed by atoms with van der Waals surface area (Å²) in [7, 11) is 0. The van der Waals surface area contributed by atoms with E-state index in [1.54, 1.807) is 0 Å². The average Bonchev–Trinajstić information content (AvgIpc) is 2.36. The highest BCUT2D eigenvalue weighted by Crippen LogP contribution is 2.54. The molecule has 3 aromatic heterocycles. The number of pyridine rings is 2. The molecule has 0 bridgehead atoms. The maximum atomic E-state index is 5.10. The highest BCUT2D eigenvalue weighted by molar-refractivity contribution is 7.00. The van der Waals surface area contributed by atoms with Crippen molar-refractivity contribution in [2.24, 2.45) is 0 Å². The summed E-state index contributed by atoms with van der Waals surface area (Å²) in [5, 5.41) is 2.40. The lowest BCUT2D eigenvalue weighted by Gasteiger charge is -2.46. The molecule has 382 valence electrons. The van der Waals surface area contributed by atoms with E-state index in [9.17, 15) is 0 Å². The number of para-hydroxylation sites is 2. The molecule has 5 nitrogen and oxygen atoms in total. The van der Waals surface area contributed by atoms with Gasteiger partial charge in [-0.1, -0.05) is 243 Å². The summed E-state index contributed by atoms with van der Waals surface area (Å²) in [6.45, 7) is -0.200. The Morgan fingerprint density at radius 1 is 0.268 bits per heavy atom. The third-order valence-corrected chi connectivity index (χ3v) is 16.7. The normalized spacial score (nSPS) is 12.3. The molecule has 11 aromatic carbocycles. The Hall–Kier alpha value is -10.8. The molecule has 14 aromatic rings. The number of rotatable bonds is 9. The summed E-state index contributed by atoms with van der Waals surface area (Å²) in [5.41, 5.74) is 26.4. The molecule has 0 N–H and O–H groups in total. The molecular weight excluding hydrogens is 994 g/mol. The first-order valence-electron chi connectivity index (χ1n) is 28.1. The first-order valence-corrected chi connectivity index (χ1v) is 28.1. The molecule has 82 heavy (non-hydrogen) atoms. The molecule has 0 fully saturated rings. The molecule has 6 heteroatoms. The molecular formula is C76H50BN5. The second-order valence-corrected chi connectivity index (χ2v) is 21.3. The lowest BCUT2D eigenvalue weighted by molar-refractivity contribution is 1.16. The minimum absolute atomic E-state index is 0.200. The number of benzene rings is 11. The molecule has 5 heterocycles. The minimum atomic E-state index is -0.200. The van der Waals surface area contributed by atoms with Gasteiger partial charge in [0.15, 0.2) is 0 Å². The molecule has 0 radical (unpaired) electrons. The average molecular weight is 1040 g/mol. The second-order valence-electron chi connectivity index (χ2n) is 21.3. The van der Waals surface area contributed by atoms with Gasteiger partial charge in [-0.25, -0.2) is 0 Å². The van der Waals surface area contributed by atoms with Crippen molar-refractivity contribution in [3.63, 3.8) is 0 Å². The summed E-state index contributed by atoms with van der Waals surface area (Å²) < 4.78 is 2.49. The van der Waals surface area contributed by atoms with Gasteiger partial charge in [0.1, 0.15) is 0 Å². The fraction of sp³-hybridized carbons (Fsp3) is 0. The highest BCUT2D eigenvalue weighted by Gasteiger charge is 2.46. The van der Waals surface area contributed by atoms with E-state index in [1.165, 1.54) is 27.2 Å². The van der Waals surface area contributed by atoms with Gasteiger partial charge in [-0.05, 0) is 97.3 Å². The van der Waals surface area contributed by atoms with Crippen LogP contribution in [0, 0.1) is 0 Å². The molecule has 2 aliphatic rings. The van der Waals surface area contributed by atoms with Crippen LogP contribution in [0.15, 0.2) is 304 Å². The van der Waals surface area contributed by atoms with Gasteiger partial charge in [0.05, 0.1) is 28.1 Å². The maximum absolute atomic E-state index is 5.10. The van der Waals surface area contributed by atoms with Gasteiger partial charge >= 0.3 is 0 Å². The molecule has 16 rings (SSSR count). The van der Waals surface area contributed by atoms with Crippen LogP contribution in [0.2, 0.25) is 0 Å². The SMILES string of the molecule is c1ccc(-c2ccc3c(c2)N(c2c(-c4ccccc4)cncc2-c2ccccc2)c2cc(-n4c5ccccc5c5ccccc54)cc4c2B3c2ccc(-c3ccccc3)cc2N4c2c(-c3ccccc3)cncc2-c2ccccc2)cc1. The van der Waals surface area contributed by atoms with Gasteiger partial charge in [0.25, 0.3) is 6.71 Å². The van der Waals surface area contributed by atoms with E-state index >= 15 is 0 Å². The van der Waals surface area contributed by atoms with Crippen LogP contribution in [0.5, 0.6) is 0 Å². The van der Waals surface area contributed by atoms with Crippen LogP contribution in [-0.2, 0) is 0 Å². The van der Waals surface area contributed by atoms with Crippen LogP contribution in [-0.4, -0.2) is 21.2 Å². The summed E-state index contributed by atoms with van der Waals surface area (Å²) >= 11 is 0. The monoisotopic (exact) mass is 1040 g/mol. The molecule has 0 amide bonds. The third-order valence-electron chi connectivity index (χ3n) is 16.7. The van der Waals surface area contributed by atoms with Crippen molar-refractivity contribution in [3.8, 4) is 72.4 Å². The van der Waals surface area contributed by atoms with Gasteiger partial charge in [0, 0.05) is 80.6 Å². The molecule has 0 unspecified atom stereocenters. The fourth-order valence-corrected chi connectivity index (χ4v) is 13.1. The van der Waals surface area contributed by atoms with Gasteiger partial charge in [-0.2, -0.15) is 0 Å². The summed E-state index contributed by atoms with van der Waals surface area (Å²) in [4.78, 5) is 15.4. The number of nitrogens with zero attached hydrogens (tertiary/aromatic N) is 5. The smallest absolute Gasteiger partial charge is 0.252 e. The number of anilines is 6. The zero-order valence-electron chi connectivity index (χ0n) is 44.7. The number of aromatic nitrogens is 3. The van der Waals surface area contributed by atoms with Crippen molar-refractivity contribution >= 4 is 79.0 Å². The van der Waals surface area contributed by atoms with Crippen LogP contribution in [0.4, 0.5) is 34.1 Å². The Morgan fingerprint density at radius 3 is 0.939 bits per heavy atom. The van der Waals surface area contributed by atoms with Crippen molar-refractivity contribution in [2.75, 3.05) is 9.80 Å². The van der Waals surface area contributed by atoms with Gasteiger partial charge in [-0.15, -0.1) is 0 Å². The van der Waals surface area contributed by atoms with Crippen LogP contribution in [0.3, 0.4) is 0 Å². The Balaban J connectivity index is 1.11. The molecule has 0 saturated heterocycles. The largest absolute Gasteiger partial charge is 0.310 e. The van der Waals surface area contributed by atoms with E-state index in [1.807, 2.05) is 0 Å². The summed E-state index contributed by atoms with van der Waals surface area (Å²) in [5.74, 6) is 0. The van der Waals surface area contributed by atoms with Gasteiger partial charge in [0.2, 0.25) is 0 Å². The van der Waals surface area contributed by atoms with E-state index in [4.69, 9.17) is 9.97 Å². The predicted octanol–water partition coefficient (Wildman–Crippen LogP) is 17.7. The van der Waals surface area contributed by atoms with Gasteiger partial charge in [-0.3, -0.25) is 9.97 Å². The first kappa shape index (κ1) is 47.2. The molecule has 2 aliphatic heterocycles. The molecule has 0 saturated carbocycles. The number of fused-ring (bicyclic) bond motifs is 7. The lowest BCUT2D eigenvalue weighted by Crippen LogP contribution is -2.61. The summed E-state index contributed by atoms with van der Waals surface area (Å²) in [6.07, 6.45) is 8.26. The van der Waals surface area contributed by atoms with Crippen molar-refractivity contribution in [1.29, 1.82) is 0 Å². The van der Waals surface area contributed by atoms with Crippen LogP contribution in [0.25, 0.3) is 94.3 Å². The molecule has 0 spiro atoms. The standard InChI is InChI=1S/C76H50BN5/c1-7-23-51(24-8-1)57-39-41-66-70(43-57)81(75-62(53-27-11-3-12-28-53)47-78-48-63(75)54-29-13-4-14-30-54)72-45-59(80-68-37-21-19-35-60(68)61-36-20-22-38-69(61)80)46-73-74(72)77(66)67-42-40-58(52-25-9-2-10-26-52)44-71(67)82(73)76-64(55-31-15-5-16-32-55)49-79-50-65(76)56-33-17-6-18-34-56/h1-50H. The Bertz CT molecular complexity index is 4330. The molecule has 0 atom stereocenters. The fourth-order valence-electron chi connectivity index (χ4n) is 13.1. The number of hydrogen-bond donors (Lipinski definition) is 0. The third kappa shape index (κ3) is 7.64. The van der Waals surface area contributed by atoms with Gasteiger partial charge < -0.3 is 14.4 Å². The van der Waals surface area contributed by atoms with E-state index < -0.39 is 0 Å². The lowest BCUT2D eigenvalue weighted by atomic mass is 9.33. The topological polar surface area (TPSA) is 37.2 Å². The Labute approximate surface area is 477 Å². The Morgan fingerprint density at radius 2 is 0.585 bits per heavy atom. The van der Waals surface area contributed by atoms with E-state index in [-0.39, 0.29) is 6.71 Å². The minimum Gasteiger partial charge on any atom is -0.310 e. The van der Waals surface area contributed by atoms with E-state index in [0.29, 0.717) is 0 Å². The van der Waals surface area contributed by atoms with Crippen molar-refractivity contribution in [1.82, 2.24) is 14.5 Å². The molecule has 0 aliphatic carbocycles. The van der Waals surface area contributed by atoms with Crippen molar-refractivity contribution in [2.45, 2.75) is 0 Å². The Kier molecular flexibility index (Phi) is 11.2. The highest BCUT2D eigenvalue weighted by atomic mass is 15.2. The maximum Gasteiger partial charge on any atom is 0.252 e. The van der Waals surface area contributed by atoms with E-state index in [2.05, 4.69) is 318 Å². The second kappa shape index (κ2) is 19.5. The van der Waals surface area contributed by atoms with Crippen molar-refractivity contribution in [3.05, 3.63) is 304 Å². The van der Waals surface area contributed by atoms with Crippen LogP contribution in [0.1, 0.15) is 0 Å². The number of hydrogen-bond acceptors (Lipinski definition) is 4. The zero-order chi connectivity index (χ0) is 54.1. The quantitative estimate of drug-likeness (QED) is 0.135. The van der Waals surface area contributed by atoms with Crippen LogP contribution < -0.4 is 26.2 Å². The van der Waals surface area contributed by atoms with E-state index in [0.717, 1.165) is 118 Å². The van der Waals surface area contributed by atoms with Crippen molar-refractivity contribution < 1.29 is 0 Å². The predicted molar refractivity (Wildman–Crippen MR) is 343 cm³/mol. The summed E-state index contributed by atoms with van der Waals surface area (Å²) in [6, 6.07) is 102. The zero-order valence-corrected chi connectivity index (χ0v) is 44.7.